The lowest BCUT2D eigenvalue weighted by molar-refractivity contribution is -0.113. The van der Waals surface area contributed by atoms with Gasteiger partial charge in [0.15, 0.2) is 11.0 Å². The molecule has 0 unspecified atom stereocenters. The maximum absolute atomic E-state index is 12.1. The van der Waals surface area contributed by atoms with Crippen LogP contribution in [0.4, 0.5) is 5.00 Å². The van der Waals surface area contributed by atoms with Crippen molar-refractivity contribution in [1.82, 2.24) is 14.8 Å². The lowest BCUT2D eigenvalue weighted by Crippen LogP contribution is -2.14. The second-order valence-corrected chi connectivity index (χ2v) is 8.04. The Labute approximate surface area is 175 Å². The molecular formula is C18H16ClN5O2S2. The summed E-state index contributed by atoms with van der Waals surface area (Å²) in [5.41, 5.74) is 1.39. The molecule has 0 radical (unpaired) electrons. The lowest BCUT2D eigenvalue weighted by atomic mass is 10.2. The molecule has 1 N–H and O–H groups in total. The Morgan fingerprint density at radius 3 is 3.00 bits per heavy atom. The fraction of sp³-hybridized carbons (Fsp3) is 0.222. The van der Waals surface area contributed by atoms with Crippen LogP contribution in [0.25, 0.3) is 0 Å². The van der Waals surface area contributed by atoms with Gasteiger partial charge in [0.2, 0.25) is 5.91 Å². The topological polar surface area (TPSA) is 92.8 Å². The molecule has 3 aromatic rings. The number of carbonyl (C=O) groups is 1. The zero-order chi connectivity index (χ0) is 20.1. The van der Waals surface area contributed by atoms with E-state index in [0.717, 1.165) is 5.56 Å². The number of rotatable bonds is 7. The third-order valence-corrected chi connectivity index (χ3v) is 6.07. The van der Waals surface area contributed by atoms with Gasteiger partial charge in [0.1, 0.15) is 23.4 Å². The van der Waals surface area contributed by atoms with E-state index in [9.17, 15) is 4.79 Å². The number of aromatic nitrogens is 3. The number of halogens is 1. The molecule has 0 aliphatic rings. The van der Waals surface area contributed by atoms with Crippen molar-refractivity contribution < 1.29 is 9.53 Å². The van der Waals surface area contributed by atoms with Gasteiger partial charge in [0.25, 0.3) is 0 Å². The van der Waals surface area contributed by atoms with Crippen LogP contribution in [-0.2, 0) is 18.4 Å². The second-order valence-electron chi connectivity index (χ2n) is 5.77. The van der Waals surface area contributed by atoms with Crippen molar-refractivity contribution in [2.45, 2.75) is 18.7 Å². The van der Waals surface area contributed by atoms with Gasteiger partial charge >= 0.3 is 0 Å². The van der Waals surface area contributed by atoms with Crippen molar-refractivity contribution in [3.8, 4) is 11.8 Å². The third-order valence-electron chi connectivity index (χ3n) is 3.79. The molecular weight excluding hydrogens is 418 g/mol. The number of carbonyl (C=O) groups excluding carboxylic acids is 1. The van der Waals surface area contributed by atoms with E-state index in [0.29, 0.717) is 32.3 Å². The van der Waals surface area contributed by atoms with Crippen LogP contribution in [0.15, 0.2) is 34.8 Å². The first kappa shape index (κ1) is 20.2. The maximum Gasteiger partial charge on any atom is 0.235 e. The minimum Gasteiger partial charge on any atom is -0.486 e. The summed E-state index contributed by atoms with van der Waals surface area (Å²) in [6.45, 7) is 2.16. The van der Waals surface area contributed by atoms with Gasteiger partial charge in [-0.2, -0.15) is 5.26 Å². The standard InChI is InChI=1S/C18H16ClN5O2S2/c1-11-7-13(3-4-14(11)19)26-9-15-22-23-18(24(15)2)28-10-16(25)21-17-12(8-20)5-6-27-17/h3-7H,9-10H2,1-2H3,(H,21,25). The van der Waals surface area contributed by atoms with Crippen molar-refractivity contribution >= 4 is 45.6 Å². The van der Waals surface area contributed by atoms with Crippen molar-refractivity contribution in [3.63, 3.8) is 0 Å². The Morgan fingerprint density at radius 1 is 1.43 bits per heavy atom. The number of aryl methyl sites for hydroxylation is 1. The van der Waals surface area contributed by atoms with Gasteiger partial charge in [-0.3, -0.25) is 4.79 Å². The molecule has 0 spiro atoms. The molecule has 144 valence electrons. The summed E-state index contributed by atoms with van der Waals surface area (Å²) in [5, 5.41) is 23.6. The van der Waals surface area contributed by atoms with E-state index in [4.69, 9.17) is 21.6 Å². The molecule has 0 bridgehead atoms. The molecule has 0 atom stereocenters. The highest BCUT2D eigenvalue weighted by molar-refractivity contribution is 7.99. The summed E-state index contributed by atoms with van der Waals surface area (Å²) >= 11 is 8.59. The number of thioether (sulfide) groups is 1. The molecule has 0 aliphatic carbocycles. The predicted molar refractivity (Wildman–Crippen MR) is 110 cm³/mol. The number of anilines is 1. The molecule has 0 aliphatic heterocycles. The highest BCUT2D eigenvalue weighted by atomic mass is 35.5. The van der Waals surface area contributed by atoms with Gasteiger partial charge < -0.3 is 14.6 Å². The van der Waals surface area contributed by atoms with E-state index in [1.54, 1.807) is 28.1 Å². The zero-order valence-electron chi connectivity index (χ0n) is 15.1. The van der Waals surface area contributed by atoms with Crippen LogP contribution in [0, 0.1) is 18.3 Å². The molecule has 1 amide bonds. The van der Waals surface area contributed by atoms with Gasteiger partial charge in [-0.15, -0.1) is 21.5 Å². The van der Waals surface area contributed by atoms with Crippen molar-refractivity contribution in [1.29, 1.82) is 5.26 Å². The number of benzene rings is 1. The fourth-order valence-electron chi connectivity index (χ4n) is 2.24. The van der Waals surface area contributed by atoms with Gasteiger partial charge in [-0.05, 0) is 42.1 Å². The summed E-state index contributed by atoms with van der Waals surface area (Å²) in [6.07, 6.45) is 0. The van der Waals surface area contributed by atoms with Crippen LogP contribution < -0.4 is 10.1 Å². The van der Waals surface area contributed by atoms with E-state index in [1.165, 1.54) is 23.1 Å². The van der Waals surface area contributed by atoms with E-state index in [2.05, 4.69) is 15.5 Å². The number of amides is 1. The van der Waals surface area contributed by atoms with Crippen LogP contribution in [0.2, 0.25) is 5.02 Å². The van der Waals surface area contributed by atoms with Crippen LogP contribution in [0.3, 0.4) is 0 Å². The SMILES string of the molecule is Cc1cc(OCc2nnc(SCC(=O)Nc3sccc3C#N)n2C)ccc1Cl. The van der Waals surface area contributed by atoms with E-state index < -0.39 is 0 Å². The van der Waals surface area contributed by atoms with Crippen LogP contribution >= 0.6 is 34.7 Å². The van der Waals surface area contributed by atoms with Crippen molar-refractivity contribution in [2.24, 2.45) is 7.05 Å². The summed E-state index contributed by atoms with van der Waals surface area (Å²) in [7, 11) is 1.82. The fourth-order valence-corrected chi connectivity index (χ4v) is 3.84. The highest BCUT2D eigenvalue weighted by Gasteiger charge is 2.14. The highest BCUT2D eigenvalue weighted by Crippen LogP contribution is 2.24. The Balaban J connectivity index is 1.54. The van der Waals surface area contributed by atoms with E-state index in [1.807, 2.05) is 26.1 Å². The predicted octanol–water partition coefficient (Wildman–Crippen LogP) is 4.02. The molecule has 7 nitrogen and oxygen atoms in total. The first-order valence-corrected chi connectivity index (χ1v) is 10.4. The second kappa shape index (κ2) is 9.10. The number of nitrogens with zero attached hydrogens (tertiary/aromatic N) is 4. The molecule has 10 heteroatoms. The first-order valence-electron chi connectivity index (χ1n) is 8.15. The Bertz CT molecular complexity index is 1040. The van der Waals surface area contributed by atoms with Crippen molar-refractivity contribution in [3.05, 3.63) is 51.6 Å². The number of hydrogen-bond donors (Lipinski definition) is 1. The van der Waals surface area contributed by atoms with Crippen LogP contribution in [-0.4, -0.2) is 26.4 Å². The Hall–Kier alpha value is -2.54. The average molecular weight is 434 g/mol. The summed E-state index contributed by atoms with van der Waals surface area (Å²) in [5.74, 6) is 1.29. The third kappa shape index (κ3) is 4.84. The minimum absolute atomic E-state index is 0.159. The monoisotopic (exact) mass is 433 g/mol. The van der Waals surface area contributed by atoms with Gasteiger partial charge in [0.05, 0.1) is 11.3 Å². The number of ether oxygens (including phenoxy) is 1. The Kier molecular flexibility index (Phi) is 6.57. The smallest absolute Gasteiger partial charge is 0.235 e. The molecule has 2 aromatic heterocycles. The molecule has 1 aromatic carbocycles. The van der Waals surface area contributed by atoms with Gasteiger partial charge in [-0.25, -0.2) is 0 Å². The number of thiophene rings is 1. The zero-order valence-corrected chi connectivity index (χ0v) is 17.5. The number of hydrogen-bond acceptors (Lipinski definition) is 7. The average Bonchev–Trinajstić information content (AvgIpc) is 3.27. The quantitative estimate of drug-likeness (QED) is 0.565. The molecule has 0 saturated heterocycles. The van der Waals surface area contributed by atoms with Gasteiger partial charge in [-0.1, -0.05) is 23.4 Å². The summed E-state index contributed by atoms with van der Waals surface area (Å²) < 4.78 is 7.53. The molecule has 2 heterocycles. The lowest BCUT2D eigenvalue weighted by Gasteiger charge is -2.08. The van der Waals surface area contributed by atoms with Crippen LogP contribution in [0.1, 0.15) is 17.0 Å². The summed E-state index contributed by atoms with van der Waals surface area (Å²) in [4.78, 5) is 12.1. The molecule has 0 fully saturated rings. The summed E-state index contributed by atoms with van der Waals surface area (Å²) in [6, 6.07) is 9.16. The minimum atomic E-state index is -0.207. The molecule has 0 saturated carbocycles. The first-order chi connectivity index (χ1) is 13.5. The van der Waals surface area contributed by atoms with E-state index >= 15 is 0 Å². The molecule has 3 rings (SSSR count). The largest absolute Gasteiger partial charge is 0.486 e. The normalized spacial score (nSPS) is 10.5. The number of nitriles is 1. The van der Waals surface area contributed by atoms with Gasteiger partial charge in [0, 0.05) is 12.1 Å². The molecule has 28 heavy (non-hydrogen) atoms. The van der Waals surface area contributed by atoms with Crippen molar-refractivity contribution in [2.75, 3.05) is 11.1 Å². The van der Waals surface area contributed by atoms with E-state index in [-0.39, 0.29) is 18.3 Å². The van der Waals surface area contributed by atoms with Crippen LogP contribution in [0.5, 0.6) is 5.75 Å². The number of nitrogens with one attached hydrogen (secondary N) is 1. The maximum atomic E-state index is 12.1. The Morgan fingerprint density at radius 2 is 2.25 bits per heavy atom.